The second kappa shape index (κ2) is 5.07. The van der Waals surface area contributed by atoms with E-state index in [1.165, 1.54) is 7.11 Å². The third-order valence-electron chi connectivity index (χ3n) is 2.35. The lowest BCUT2D eigenvalue weighted by atomic mass is 9.99. The van der Waals surface area contributed by atoms with Gasteiger partial charge >= 0.3 is 6.09 Å². The number of hydrogen-bond donors (Lipinski definition) is 0. The van der Waals surface area contributed by atoms with E-state index >= 15 is 0 Å². The highest BCUT2D eigenvalue weighted by atomic mass is 16.5. The van der Waals surface area contributed by atoms with Crippen LogP contribution in [0.15, 0.2) is 0 Å². The smallest absolute Gasteiger partial charge is 0.409 e. The van der Waals surface area contributed by atoms with E-state index in [0.717, 1.165) is 32.5 Å². The molecule has 1 unspecified atom stereocenters. The minimum Gasteiger partial charge on any atom is -0.453 e. The van der Waals surface area contributed by atoms with Crippen LogP contribution in [0.3, 0.4) is 0 Å². The van der Waals surface area contributed by atoms with Gasteiger partial charge in [-0.2, -0.15) is 0 Å². The lowest BCUT2D eigenvalue weighted by Crippen LogP contribution is -2.41. The van der Waals surface area contributed by atoms with Crippen LogP contribution in [0.2, 0.25) is 0 Å². The van der Waals surface area contributed by atoms with E-state index in [0.29, 0.717) is 5.92 Å². The molecule has 1 rings (SSSR count). The first-order valence-electron chi connectivity index (χ1n) is 4.59. The zero-order valence-corrected chi connectivity index (χ0v) is 8.28. The topological polar surface area (TPSA) is 38.8 Å². The second-order valence-electron chi connectivity index (χ2n) is 3.38. The van der Waals surface area contributed by atoms with Crippen LogP contribution in [0, 0.1) is 5.92 Å². The molecule has 1 aliphatic heterocycles. The van der Waals surface area contributed by atoms with E-state index in [-0.39, 0.29) is 6.09 Å². The summed E-state index contributed by atoms with van der Waals surface area (Å²) >= 11 is 0. The molecule has 0 aromatic carbocycles. The number of nitrogens with zero attached hydrogens (tertiary/aromatic N) is 1. The van der Waals surface area contributed by atoms with Gasteiger partial charge in [0.25, 0.3) is 0 Å². The number of carbonyl (C=O) groups excluding carboxylic acids is 1. The van der Waals surface area contributed by atoms with E-state index in [1.54, 1.807) is 12.0 Å². The van der Waals surface area contributed by atoms with E-state index in [2.05, 4.69) is 4.74 Å². The molecule has 1 fully saturated rings. The molecule has 0 aliphatic carbocycles. The first-order valence-corrected chi connectivity index (χ1v) is 4.59. The van der Waals surface area contributed by atoms with Crippen LogP contribution in [-0.2, 0) is 9.47 Å². The Kier molecular flexibility index (Phi) is 4.02. The number of methoxy groups -OCH3 is 2. The molecule has 0 spiro atoms. The Morgan fingerprint density at radius 3 is 2.92 bits per heavy atom. The third kappa shape index (κ3) is 2.88. The van der Waals surface area contributed by atoms with Crippen molar-refractivity contribution in [1.82, 2.24) is 4.90 Å². The van der Waals surface area contributed by atoms with Crippen LogP contribution in [0.25, 0.3) is 0 Å². The van der Waals surface area contributed by atoms with Crippen molar-refractivity contribution in [2.75, 3.05) is 33.9 Å². The van der Waals surface area contributed by atoms with E-state index in [9.17, 15) is 4.79 Å². The molecule has 1 heterocycles. The van der Waals surface area contributed by atoms with Crippen LogP contribution in [-0.4, -0.2) is 44.9 Å². The summed E-state index contributed by atoms with van der Waals surface area (Å²) in [7, 11) is 3.11. The summed E-state index contributed by atoms with van der Waals surface area (Å²) in [6, 6.07) is 0. The van der Waals surface area contributed by atoms with Crippen LogP contribution in [0.5, 0.6) is 0 Å². The highest BCUT2D eigenvalue weighted by Crippen LogP contribution is 2.16. The minimum atomic E-state index is -0.221. The van der Waals surface area contributed by atoms with Gasteiger partial charge in [0.1, 0.15) is 0 Å². The van der Waals surface area contributed by atoms with Crippen molar-refractivity contribution in [3.05, 3.63) is 0 Å². The maximum atomic E-state index is 11.2. The summed E-state index contributed by atoms with van der Waals surface area (Å²) in [5.74, 6) is 0.470. The van der Waals surface area contributed by atoms with Gasteiger partial charge in [0.15, 0.2) is 0 Å². The average molecular weight is 187 g/mol. The van der Waals surface area contributed by atoms with E-state index in [1.807, 2.05) is 0 Å². The van der Waals surface area contributed by atoms with Crippen molar-refractivity contribution >= 4 is 6.09 Å². The van der Waals surface area contributed by atoms with Crippen molar-refractivity contribution in [3.8, 4) is 0 Å². The number of carbonyl (C=O) groups is 1. The van der Waals surface area contributed by atoms with Crippen molar-refractivity contribution < 1.29 is 14.3 Å². The van der Waals surface area contributed by atoms with E-state index < -0.39 is 0 Å². The van der Waals surface area contributed by atoms with Gasteiger partial charge in [0.2, 0.25) is 0 Å². The highest BCUT2D eigenvalue weighted by molar-refractivity contribution is 5.67. The third-order valence-corrected chi connectivity index (χ3v) is 2.35. The van der Waals surface area contributed by atoms with Gasteiger partial charge in [0, 0.05) is 26.1 Å². The number of hydrogen-bond acceptors (Lipinski definition) is 3. The molecular formula is C9H17NO3. The molecule has 0 N–H and O–H groups in total. The molecule has 0 bridgehead atoms. The van der Waals surface area contributed by atoms with Gasteiger partial charge in [-0.25, -0.2) is 4.79 Å². The average Bonchev–Trinajstić information content (AvgIpc) is 2.18. The summed E-state index contributed by atoms with van der Waals surface area (Å²) in [4.78, 5) is 12.9. The molecule has 0 aromatic heterocycles. The fourth-order valence-corrected chi connectivity index (χ4v) is 1.73. The molecule has 1 amide bonds. The molecule has 1 saturated heterocycles. The predicted molar refractivity (Wildman–Crippen MR) is 48.6 cm³/mol. The van der Waals surface area contributed by atoms with Crippen molar-refractivity contribution in [2.45, 2.75) is 12.8 Å². The molecular weight excluding hydrogens is 170 g/mol. The molecule has 4 heteroatoms. The summed E-state index contributed by atoms with van der Waals surface area (Å²) < 4.78 is 9.73. The van der Waals surface area contributed by atoms with E-state index in [4.69, 9.17) is 4.74 Å². The predicted octanol–water partition coefficient (Wildman–Crippen LogP) is 1.11. The number of likely N-dealkylation sites (tertiary alicyclic amines) is 1. The molecule has 76 valence electrons. The highest BCUT2D eigenvalue weighted by Gasteiger charge is 2.23. The van der Waals surface area contributed by atoms with Crippen LogP contribution >= 0.6 is 0 Å². The zero-order valence-electron chi connectivity index (χ0n) is 8.28. The summed E-state index contributed by atoms with van der Waals surface area (Å²) in [6.07, 6.45) is 1.96. The molecule has 4 nitrogen and oxygen atoms in total. The van der Waals surface area contributed by atoms with Gasteiger partial charge in [-0.3, -0.25) is 0 Å². The summed E-state index contributed by atoms with van der Waals surface area (Å²) in [6.45, 7) is 2.31. The second-order valence-corrected chi connectivity index (χ2v) is 3.38. The zero-order chi connectivity index (χ0) is 9.68. The fourth-order valence-electron chi connectivity index (χ4n) is 1.73. The molecule has 1 aliphatic rings. The van der Waals surface area contributed by atoms with Crippen LogP contribution in [0.4, 0.5) is 4.79 Å². The quantitative estimate of drug-likeness (QED) is 0.650. The lowest BCUT2D eigenvalue weighted by molar-refractivity contribution is 0.0738. The molecule has 0 saturated carbocycles. The van der Waals surface area contributed by atoms with Crippen LogP contribution < -0.4 is 0 Å². The first kappa shape index (κ1) is 10.3. The number of rotatable bonds is 2. The van der Waals surface area contributed by atoms with Gasteiger partial charge < -0.3 is 14.4 Å². The van der Waals surface area contributed by atoms with Gasteiger partial charge in [0.05, 0.1) is 13.7 Å². The van der Waals surface area contributed by atoms with Crippen molar-refractivity contribution in [1.29, 1.82) is 0 Å². The summed E-state index contributed by atoms with van der Waals surface area (Å²) in [5, 5.41) is 0. The van der Waals surface area contributed by atoms with Crippen LogP contribution in [0.1, 0.15) is 12.8 Å². The van der Waals surface area contributed by atoms with Crippen molar-refractivity contribution in [2.24, 2.45) is 5.92 Å². The monoisotopic (exact) mass is 187 g/mol. The first-order chi connectivity index (χ1) is 6.27. The Morgan fingerprint density at radius 2 is 2.31 bits per heavy atom. The standard InChI is InChI=1S/C9H17NO3/c1-12-7-8-4-3-5-10(6-8)9(11)13-2/h8H,3-7H2,1-2H3. The Balaban J connectivity index is 2.37. The van der Waals surface area contributed by atoms with Gasteiger partial charge in [-0.1, -0.05) is 0 Å². The number of amides is 1. The normalized spacial score (nSPS) is 22.9. The Morgan fingerprint density at radius 1 is 1.54 bits per heavy atom. The maximum Gasteiger partial charge on any atom is 0.409 e. The Bertz CT molecular complexity index is 170. The molecule has 0 radical (unpaired) electrons. The number of ether oxygens (including phenoxy) is 2. The largest absolute Gasteiger partial charge is 0.453 e. The molecule has 1 atom stereocenters. The molecule has 0 aromatic rings. The SMILES string of the molecule is COCC1CCCN(C(=O)OC)C1. The maximum absolute atomic E-state index is 11.2. The van der Waals surface area contributed by atoms with Gasteiger partial charge in [-0.05, 0) is 12.8 Å². The molecule has 13 heavy (non-hydrogen) atoms. The summed E-state index contributed by atoms with van der Waals surface area (Å²) in [5.41, 5.74) is 0. The van der Waals surface area contributed by atoms with Gasteiger partial charge in [-0.15, -0.1) is 0 Å². The Labute approximate surface area is 78.8 Å². The minimum absolute atomic E-state index is 0.221. The number of piperidine rings is 1. The fraction of sp³-hybridized carbons (Fsp3) is 0.889. The van der Waals surface area contributed by atoms with Crippen molar-refractivity contribution in [3.63, 3.8) is 0 Å². The Hall–Kier alpha value is -0.770. The lowest BCUT2D eigenvalue weighted by Gasteiger charge is -2.31.